The van der Waals surface area contributed by atoms with Crippen molar-refractivity contribution in [1.29, 1.82) is 0 Å². The lowest BCUT2D eigenvalue weighted by molar-refractivity contribution is -0.115. The number of anilines is 1. The SMILES string of the molecule is CCCN(CCC)CCc1cccc2c1CC(=O)N2.CCn1c(=O)c2c(nc(/C=C/c3ccc(OC)c(OC)c3)n2C)n(CC)c1=O.Cl. The van der Waals surface area contributed by atoms with E-state index >= 15 is 0 Å². The zero-order valence-corrected chi connectivity index (χ0v) is 30.0. The first kappa shape index (κ1) is 38.1. The third kappa shape index (κ3) is 8.38. The van der Waals surface area contributed by atoms with Gasteiger partial charge in [0.1, 0.15) is 5.82 Å². The quantitative estimate of drug-likeness (QED) is 0.202. The van der Waals surface area contributed by atoms with Crippen LogP contribution in [0.5, 0.6) is 11.5 Å². The third-order valence-corrected chi connectivity index (χ3v) is 8.40. The van der Waals surface area contributed by atoms with Gasteiger partial charge >= 0.3 is 5.69 Å². The molecule has 11 nitrogen and oxygen atoms in total. The van der Waals surface area contributed by atoms with Gasteiger partial charge in [0.25, 0.3) is 5.56 Å². The number of hydrogen-bond acceptors (Lipinski definition) is 7. The lowest BCUT2D eigenvalue weighted by Gasteiger charge is -2.21. The van der Waals surface area contributed by atoms with E-state index in [0.29, 0.717) is 48.0 Å². The summed E-state index contributed by atoms with van der Waals surface area (Å²) in [5.74, 6) is 1.98. The number of amides is 1. The summed E-state index contributed by atoms with van der Waals surface area (Å²) in [4.78, 5) is 43.8. The van der Waals surface area contributed by atoms with Crippen LogP contribution in [0.25, 0.3) is 23.3 Å². The Hall–Kier alpha value is -4.35. The smallest absolute Gasteiger partial charge is 0.332 e. The highest BCUT2D eigenvalue weighted by molar-refractivity contribution is 5.99. The number of ether oxygens (including phenoxy) is 2. The summed E-state index contributed by atoms with van der Waals surface area (Å²) in [5.41, 5.74) is 4.59. The Labute approximate surface area is 288 Å². The number of carbonyl (C=O) groups is 1. The van der Waals surface area contributed by atoms with Crippen molar-refractivity contribution in [2.24, 2.45) is 7.05 Å². The second-order valence-corrected chi connectivity index (χ2v) is 11.5. The Bertz CT molecular complexity index is 1850. The van der Waals surface area contributed by atoms with Gasteiger partial charge in [0.05, 0.1) is 20.6 Å². The van der Waals surface area contributed by atoms with Gasteiger partial charge in [-0.15, -0.1) is 12.4 Å². The lowest BCUT2D eigenvalue weighted by atomic mass is 10.0. The Morgan fingerprint density at radius 1 is 0.896 bits per heavy atom. The fourth-order valence-corrected chi connectivity index (χ4v) is 6.02. The Morgan fingerprint density at radius 2 is 1.58 bits per heavy atom. The van der Waals surface area contributed by atoms with Crippen molar-refractivity contribution in [3.63, 3.8) is 0 Å². The molecule has 5 rings (SSSR count). The fraction of sp³-hybridized carbons (Fsp3) is 0.444. The minimum Gasteiger partial charge on any atom is -0.493 e. The van der Waals surface area contributed by atoms with Crippen LogP contribution < -0.4 is 26.0 Å². The molecule has 0 atom stereocenters. The Kier molecular flexibility index (Phi) is 14.1. The molecule has 0 bridgehead atoms. The van der Waals surface area contributed by atoms with Crippen molar-refractivity contribution in [3.05, 3.63) is 79.8 Å². The zero-order chi connectivity index (χ0) is 34.1. The average Bonchev–Trinajstić information content (AvgIpc) is 3.62. The Balaban J connectivity index is 0.000000274. The highest BCUT2D eigenvalue weighted by Gasteiger charge is 2.20. The highest BCUT2D eigenvalue weighted by Crippen LogP contribution is 2.29. The average molecular weight is 681 g/mol. The van der Waals surface area contributed by atoms with Gasteiger partial charge in [0, 0.05) is 32.4 Å². The molecule has 0 spiro atoms. The maximum absolute atomic E-state index is 12.7. The molecule has 1 amide bonds. The number of benzene rings is 2. The van der Waals surface area contributed by atoms with E-state index < -0.39 is 0 Å². The van der Waals surface area contributed by atoms with E-state index in [4.69, 9.17) is 9.47 Å². The van der Waals surface area contributed by atoms with Crippen LogP contribution in [0.2, 0.25) is 0 Å². The number of imidazole rings is 1. The van der Waals surface area contributed by atoms with Gasteiger partial charge in [0.15, 0.2) is 22.7 Å². The van der Waals surface area contributed by atoms with Crippen LogP contribution in [0.1, 0.15) is 63.1 Å². The van der Waals surface area contributed by atoms with Gasteiger partial charge in [0.2, 0.25) is 5.91 Å². The molecule has 48 heavy (non-hydrogen) atoms. The number of nitrogens with one attached hydrogen (secondary N) is 1. The van der Waals surface area contributed by atoms with Gasteiger partial charge in [-0.1, -0.05) is 38.1 Å². The minimum absolute atomic E-state index is 0. The summed E-state index contributed by atoms with van der Waals surface area (Å²) in [6, 6.07) is 11.8. The first-order valence-electron chi connectivity index (χ1n) is 16.4. The van der Waals surface area contributed by atoms with Crippen molar-refractivity contribution in [2.75, 3.05) is 39.2 Å². The van der Waals surface area contributed by atoms with E-state index in [0.717, 1.165) is 24.2 Å². The van der Waals surface area contributed by atoms with Gasteiger partial charge in [-0.3, -0.25) is 18.7 Å². The second kappa shape index (κ2) is 17.7. The molecule has 3 heterocycles. The molecule has 4 aromatic rings. The number of aryl methyl sites for hydroxylation is 2. The van der Waals surface area contributed by atoms with Crippen LogP contribution in [0, 0.1) is 0 Å². The highest BCUT2D eigenvalue weighted by atomic mass is 35.5. The summed E-state index contributed by atoms with van der Waals surface area (Å²) in [6.07, 6.45) is 7.67. The predicted octanol–water partition coefficient (Wildman–Crippen LogP) is 5.39. The molecule has 0 aliphatic carbocycles. The van der Waals surface area contributed by atoms with Crippen LogP contribution in [0.3, 0.4) is 0 Å². The van der Waals surface area contributed by atoms with Crippen LogP contribution in [-0.2, 0) is 37.8 Å². The summed E-state index contributed by atoms with van der Waals surface area (Å²) in [5, 5.41) is 2.92. The molecule has 1 N–H and O–H groups in total. The molecule has 2 aromatic heterocycles. The van der Waals surface area contributed by atoms with Crippen molar-refractivity contribution < 1.29 is 14.3 Å². The number of hydrogen-bond donors (Lipinski definition) is 1. The van der Waals surface area contributed by atoms with Gasteiger partial charge < -0.3 is 24.3 Å². The number of carbonyl (C=O) groups excluding carboxylic acids is 1. The molecule has 2 aromatic carbocycles. The Morgan fingerprint density at radius 3 is 2.21 bits per heavy atom. The number of aromatic nitrogens is 4. The molecule has 0 unspecified atom stereocenters. The molecular formula is C36H49ClN6O5. The van der Waals surface area contributed by atoms with Gasteiger partial charge in [-0.2, -0.15) is 0 Å². The molecule has 0 saturated heterocycles. The minimum atomic E-state index is -0.337. The van der Waals surface area contributed by atoms with Crippen LogP contribution >= 0.6 is 12.4 Å². The molecule has 0 fully saturated rings. The van der Waals surface area contributed by atoms with Gasteiger partial charge in [-0.05, 0) is 87.2 Å². The van der Waals surface area contributed by atoms with Crippen molar-refractivity contribution in [2.45, 2.75) is 66.5 Å². The zero-order valence-electron chi connectivity index (χ0n) is 29.2. The predicted molar refractivity (Wildman–Crippen MR) is 196 cm³/mol. The third-order valence-electron chi connectivity index (χ3n) is 8.40. The first-order valence-corrected chi connectivity index (χ1v) is 16.4. The molecular weight excluding hydrogens is 632 g/mol. The topological polar surface area (TPSA) is 113 Å². The van der Waals surface area contributed by atoms with Gasteiger partial charge in [-0.25, -0.2) is 9.78 Å². The molecule has 0 saturated carbocycles. The van der Waals surface area contributed by atoms with E-state index in [-0.39, 0.29) is 29.6 Å². The summed E-state index contributed by atoms with van der Waals surface area (Å²) >= 11 is 0. The number of methoxy groups -OCH3 is 2. The van der Waals surface area contributed by atoms with Crippen molar-refractivity contribution in [3.8, 4) is 11.5 Å². The summed E-state index contributed by atoms with van der Waals surface area (Å²) in [7, 11) is 4.94. The van der Waals surface area contributed by atoms with Crippen molar-refractivity contribution >= 4 is 47.3 Å². The maximum Gasteiger partial charge on any atom is 0.332 e. The molecule has 1 aliphatic rings. The summed E-state index contributed by atoms with van der Waals surface area (Å²) in [6.45, 7) is 12.3. The maximum atomic E-state index is 12.7. The molecule has 12 heteroatoms. The van der Waals surface area contributed by atoms with E-state index in [1.54, 1.807) is 38.8 Å². The number of fused-ring (bicyclic) bond motifs is 2. The fourth-order valence-electron chi connectivity index (χ4n) is 6.02. The second-order valence-electron chi connectivity index (χ2n) is 11.5. The monoisotopic (exact) mass is 680 g/mol. The van der Waals surface area contributed by atoms with E-state index in [9.17, 15) is 14.4 Å². The number of halogens is 1. The molecule has 0 radical (unpaired) electrons. The van der Waals surface area contributed by atoms with E-state index in [2.05, 4.69) is 35.1 Å². The lowest BCUT2D eigenvalue weighted by Crippen LogP contribution is -2.39. The van der Waals surface area contributed by atoms with Crippen LogP contribution in [0.4, 0.5) is 5.69 Å². The summed E-state index contributed by atoms with van der Waals surface area (Å²) < 4.78 is 15.0. The number of rotatable bonds is 13. The molecule has 1 aliphatic heterocycles. The van der Waals surface area contributed by atoms with Crippen LogP contribution in [-0.4, -0.2) is 63.3 Å². The molecule has 260 valence electrons. The first-order chi connectivity index (χ1) is 22.7. The van der Waals surface area contributed by atoms with Crippen molar-refractivity contribution in [1.82, 2.24) is 23.6 Å². The largest absolute Gasteiger partial charge is 0.493 e. The van der Waals surface area contributed by atoms with E-state index in [1.165, 1.54) is 46.2 Å². The van der Waals surface area contributed by atoms with E-state index in [1.807, 2.05) is 43.3 Å². The van der Waals surface area contributed by atoms with Crippen LogP contribution in [0.15, 0.2) is 46.0 Å². The number of nitrogens with zero attached hydrogens (tertiary/aromatic N) is 5. The normalized spacial score (nSPS) is 12.1. The standard InChI is InChI=1S/C20H24N4O4.C16H24N2O.ClH/c1-6-23-18-17(19(25)24(7-2)20(23)26)22(3)16(21-18)11-9-13-8-10-14(27-4)15(12-13)28-5;1-3-9-18(10-4-2)11-8-13-6-5-7-15-14(13)12-16(19)17-15;/h8-12H,6-7H2,1-5H3;5-7H,3-4,8-12H2,1-2H3,(H,17,19);1H/b11-9+;;.